The number of aliphatic hydroxyl groups is 1. The number of halogens is 2. The largest absolute Gasteiger partial charge is 0.388 e. The molecular formula is C16H23BrClNO. The maximum absolute atomic E-state index is 10.3. The fourth-order valence-electron chi connectivity index (χ4n) is 2.51. The van der Waals surface area contributed by atoms with Gasteiger partial charge in [0, 0.05) is 22.6 Å². The summed E-state index contributed by atoms with van der Waals surface area (Å²) in [5.41, 5.74) is 0.831. The van der Waals surface area contributed by atoms with Crippen LogP contribution in [-0.4, -0.2) is 29.6 Å². The van der Waals surface area contributed by atoms with Crippen LogP contribution in [0.25, 0.3) is 0 Å². The highest BCUT2D eigenvalue weighted by molar-refractivity contribution is 9.10. The lowest BCUT2D eigenvalue weighted by molar-refractivity contribution is 0.140. The first-order valence-electron chi connectivity index (χ1n) is 7.45. The molecule has 1 unspecified atom stereocenters. The SMILES string of the molecule is CCCN(CCC(O)c1ccc(Br)cc1Cl)CC1CC1. The number of rotatable bonds is 8. The lowest BCUT2D eigenvalue weighted by Crippen LogP contribution is -2.29. The van der Waals surface area contributed by atoms with Gasteiger partial charge in [-0.05, 0) is 55.8 Å². The van der Waals surface area contributed by atoms with Gasteiger partial charge in [-0.15, -0.1) is 0 Å². The van der Waals surface area contributed by atoms with E-state index in [4.69, 9.17) is 11.6 Å². The molecule has 1 N–H and O–H groups in total. The lowest BCUT2D eigenvalue weighted by Gasteiger charge is -2.23. The second-order valence-corrected chi connectivity index (χ2v) is 7.04. The highest BCUT2D eigenvalue weighted by Gasteiger charge is 2.24. The molecule has 0 aliphatic heterocycles. The van der Waals surface area contributed by atoms with Crippen molar-refractivity contribution in [3.05, 3.63) is 33.3 Å². The van der Waals surface area contributed by atoms with Gasteiger partial charge in [0.2, 0.25) is 0 Å². The second kappa shape index (κ2) is 7.79. The molecule has 2 rings (SSSR count). The predicted molar refractivity (Wildman–Crippen MR) is 88.2 cm³/mol. The third kappa shape index (κ3) is 5.03. The standard InChI is InChI=1S/C16H23BrClNO/c1-2-8-19(11-12-3-4-12)9-7-16(20)14-6-5-13(17)10-15(14)18/h5-6,10,12,16,20H,2-4,7-9,11H2,1H3. The Balaban J connectivity index is 1.87. The van der Waals surface area contributed by atoms with Gasteiger partial charge in [0.15, 0.2) is 0 Å². The van der Waals surface area contributed by atoms with Crippen LogP contribution in [0.15, 0.2) is 22.7 Å². The fourth-order valence-corrected chi connectivity index (χ4v) is 3.31. The van der Waals surface area contributed by atoms with Crippen LogP contribution in [0.4, 0.5) is 0 Å². The molecule has 1 saturated carbocycles. The monoisotopic (exact) mass is 359 g/mol. The normalized spacial score (nSPS) is 16.6. The Morgan fingerprint density at radius 2 is 2.15 bits per heavy atom. The van der Waals surface area contributed by atoms with Crippen molar-refractivity contribution >= 4 is 27.5 Å². The summed E-state index contributed by atoms with van der Waals surface area (Å²) < 4.78 is 0.944. The van der Waals surface area contributed by atoms with Crippen LogP contribution in [0.3, 0.4) is 0 Å². The molecule has 1 fully saturated rings. The zero-order chi connectivity index (χ0) is 14.5. The molecule has 0 amide bonds. The van der Waals surface area contributed by atoms with E-state index in [1.165, 1.54) is 25.8 Å². The first-order chi connectivity index (χ1) is 9.60. The quantitative estimate of drug-likeness (QED) is 0.729. The van der Waals surface area contributed by atoms with E-state index in [9.17, 15) is 5.11 Å². The highest BCUT2D eigenvalue weighted by atomic mass is 79.9. The topological polar surface area (TPSA) is 23.5 Å². The molecule has 1 aliphatic carbocycles. The summed E-state index contributed by atoms with van der Waals surface area (Å²) in [5, 5.41) is 11.0. The van der Waals surface area contributed by atoms with Gasteiger partial charge < -0.3 is 10.0 Å². The maximum Gasteiger partial charge on any atom is 0.0816 e. The average molecular weight is 361 g/mol. The third-order valence-corrected chi connectivity index (χ3v) is 4.61. The molecule has 1 aliphatic rings. The van der Waals surface area contributed by atoms with Gasteiger partial charge >= 0.3 is 0 Å². The zero-order valence-corrected chi connectivity index (χ0v) is 14.3. The molecule has 112 valence electrons. The average Bonchev–Trinajstić information content (AvgIpc) is 3.20. The van der Waals surface area contributed by atoms with E-state index in [0.717, 1.165) is 35.5 Å². The maximum atomic E-state index is 10.3. The molecule has 0 heterocycles. The molecule has 2 nitrogen and oxygen atoms in total. The molecule has 0 saturated heterocycles. The van der Waals surface area contributed by atoms with Crippen LogP contribution in [0.2, 0.25) is 5.02 Å². The summed E-state index contributed by atoms with van der Waals surface area (Å²) in [4.78, 5) is 2.48. The summed E-state index contributed by atoms with van der Waals surface area (Å²) >= 11 is 9.58. The first-order valence-corrected chi connectivity index (χ1v) is 8.62. The van der Waals surface area contributed by atoms with Crippen molar-refractivity contribution in [3.63, 3.8) is 0 Å². The number of aliphatic hydroxyl groups excluding tert-OH is 1. The molecular weight excluding hydrogens is 338 g/mol. The summed E-state index contributed by atoms with van der Waals surface area (Å²) in [7, 11) is 0. The Hall–Kier alpha value is -0.0900. The predicted octanol–water partition coefficient (Wildman–Crippen LogP) is 4.65. The molecule has 1 aromatic rings. The summed E-state index contributed by atoms with van der Waals surface area (Å²) in [6, 6.07) is 5.68. The Labute approximate surface area is 135 Å². The number of benzene rings is 1. The van der Waals surface area contributed by atoms with Crippen molar-refractivity contribution in [2.24, 2.45) is 5.92 Å². The molecule has 0 radical (unpaired) electrons. The fraction of sp³-hybridized carbons (Fsp3) is 0.625. The second-order valence-electron chi connectivity index (χ2n) is 5.71. The van der Waals surface area contributed by atoms with E-state index < -0.39 is 6.10 Å². The lowest BCUT2D eigenvalue weighted by atomic mass is 10.1. The van der Waals surface area contributed by atoms with Crippen LogP contribution in [0.1, 0.15) is 44.3 Å². The van der Waals surface area contributed by atoms with Crippen LogP contribution in [0, 0.1) is 5.92 Å². The van der Waals surface area contributed by atoms with Gasteiger partial charge in [-0.25, -0.2) is 0 Å². The molecule has 1 aromatic carbocycles. The van der Waals surface area contributed by atoms with Gasteiger partial charge in [0.1, 0.15) is 0 Å². The van der Waals surface area contributed by atoms with Crippen molar-refractivity contribution in [2.75, 3.05) is 19.6 Å². The van der Waals surface area contributed by atoms with Gasteiger partial charge in [-0.1, -0.05) is 40.5 Å². The van der Waals surface area contributed by atoms with Crippen LogP contribution in [-0.2, 0) is 0 Å². The van der Waals surface area contributed by atoms with E-state index in [2.05, 4.69) is 27.8 Å². The molecule has 1 atom stereocenters. The smallest absolute Gasteiger partial charge is 0.0816 e. The van der Waals surface area contributed by atoms with Crippen molar-refractivity contribution in [2.45, 2.75) is 38.7 Å². The summed E-state index contributed by atoms with van der Waals surface area (Å²) in [6.45, 7) is 5.46. The number of nitrogens with zero attached hydrogens (tertiary/aromatic N) is 1. The van der Waals surface area contributed by atoms with Gasteiger partial charge in [0.05, 0.1) is 6.10 Å². The zero-order valence-electron chi connectivity index (χ0n) is 12.0. The number of hydrogen-bond donors (Lipinski definition) is 1. The molecule has 0 spiro atoms. The Kier molecular flexibility index (Phi) is 6.34. The van der Waals surface area contributed by atoms with Gasteiger partial charge in [0.25, 0.3) is 0 Å². The minimum Gasteiger partial charge on any atom is -0.388 e. The minimum absolute atomic E-state index is 0.478. The Morgan fingerprint density at radius 1 is 1.40 bits per heavy atom. The molecule has 4 heteroatoms. The first kappa shape index (κ1) is 16.3. The molecule has 20 heavy (non-hydrogen) atoms. The Morgan fingerprint density at radius 3 is 2.75 bits per heavy atom. The summed E-state index contributed by atoms with van der Waals surface area (Å²) in [5.74, 6) is 0.898. The minimum atomic E-state index is -0.478. The van der Waals surface area contributed by atoms with E-state index >= 15 is 0 Å². The van der Waals surface area contributed by atoms with Crippen molar-refractivity contribution < 1.29 is 5.11 Å². The van der Waals surface area contributed by atoms with Crippen LogP contribution >= 0.6 is 27.5 Å². The highest BCUT2D eigenvalue weighted by Crippen LogP contribution is 2.31. The van der Waals surface area contributed by atoms with E-state index in [-0.39, 0.29) is 0 Å². The third-order valence-electron chi connectivity index (χ3n) is 3.79. The van der Waals surface area contributed by atoms with E-state index in [0.29, 0.717) is 5.02 Å². The van der Waals surface area contributed by atoms with Crippen LogP contribution < -0.4 is 0 Å². The van der Waals surface area contributed by atoms with Crippen molar-refractivity contribution in [1.29, 1.82) is 0 Å². The Bertz CT molecular complexity index is 436. The van der Waals surface area contributed by atoms with E-state index in [1.54, 1.807) is 0 Å². The van der Waals surface area contributed by atoms with Crippen molar-refractivity contribution in [1.82, 2.24) is 4.90 Å². The van der Waals surface area contributed by atoms with Crippen molar-refractivity contribution in [3.8, 4) is 0 Å². The van der Waals surface area contributed by atoms with Gasteiger partial charge in [-0.3, -0.25) is 0 Å². The van der Waals surface area contributed by atoms with E-state index in [1.807, 2.05) is 18.2 Å². The summed E-state index contributed by atoms with van der Waals surface area (Å²) in [6.07, 6.45) is 4.19. The van der Waals surface area contributed by atoms with Crippen LogP contribution in [0.5, 0.6) is 0 Å². The van der Waals surface area contributed by atoms with Gasteiger partial charge in [-0.2, -0.15) is 0 Å². The molecule has 0 aromatic heterocycles. The molecule has 0 bridgehead atoms. The number of hydrogen-bond acceptors (Lipinski definition) is 2.